The predicted octanol–water partition coefficient (Wildman–Crippen LogP) is 3.87. The topological polar surface area (TPSA) is 59.8 Å². The molecule has 0 radical (unpaired) electrons. The van der Waals surface area contributed by atoms with Crippen molar-refractivity contribution in [1.82, 2.24) is 20.1 Å². The summed E-state index contributed by atoms with van der Waals surface area (Å²) >= 11 is 6.01. The van der Waals surface area contributed by atoms with E-state index in [0.29, 0.717) is 16.6 Å². The average Bonchev–Trinajstić information content (AvgIpc) is 3.43. The molecule has 0 unspecified atom stereocenters. The Kier molecular flexibility index (Phi) is 4.47. The zero-order chi connectivity index (χ0) is 18.1. The van der Waals surface area contributed by atoms with Crippen molar-refractivity contribution < 1.29 is 4.79 Å². The number of aryl methyl sites for hydroxylation is 1. The molecule has 132 valence electrons. The minimum atomic E-state index is -0.290. The van der Waals surface area contributed by atoms with Gasteiger partial charge in [0, 0.05) is 30.4 Å². The highest BCUT2D eigenvalue weighted by Gasteiger charge is 2.28. The van der Waals surface area contributed by atoms with Gasteiger partial charge in [0.2, 0.25) is 0 Å². The Morgan fingerprint density at radius 1 is 1.15 bits per heavy atom. The third kappa shape index (κ3) is 3.48. The molecule has 0 bridgehead atoms. The molecule has 1 aliphatic rings. The third-order valence-corrected chi connectivity index (χ3v) is 4.90. The number of nitrogens with one attached hydrogen (secondary N) is 1. The number of benzene rings is 1. The Bertz CT molecular complexity index is 917. The van der Waals surface area contributed by atoms with Gasteiger partial charge in [-0.1, -0.05) is 23.7 Å². The molecular weight excluding hydrogens is 348 g/mol. The number of amides is 1. The lowest BCUT2D eigenvalue weighted by Gasteiger charge is -2.20. The molecule has 6 heteroatoms. The fraction of sp³-hybridized carbons (Fsp3) is 0.250. The molecule has 0 saturated heterocycles. The van der Waals surface area contributed by atoms with Gasteiger partial charge < -0.3 is 5.32 Å². The Balaban J connectivity index is 1.64. The van der Waals surface area contributed by atoms with Crippen LogP contribution in [0.2, 0.25) is 5.02 Å². The van der Waals surface area contributed by atoms with E-state index < -0.39 is 0 Å². The Hall–Kier alpha value is -2.66. The minimum Gasteiger partial charge on any atom is -0.340 e. The third-order valence-electron chi connectivity index (χ3n) is 4.65. The number of hydrogen-bond donors (Lipinski definition) is 1. The molecule has 2 heterocycles. The first-order valence-electron chi connectivity index (χ1n) is 8.62. The van der Waals surface area contributed by atoms with Crippen LogP contribution < -0.4 is 5.32 Å². The highest BCUT2D eigenvalue weighted by molar-refractivity contribution is 6.30. The van der Waals surface area contributed by atoms with E-state index in [2.05, 4.69) is 15.4 Å². The van der Waals surface area contributed by atoms with Crippen molar-refractivity contribution in [1.29, 1.82) is 0 Å². The summed E-state index contributed by atoms with van der Waals surface area (Å²) in [5.74, 6) is 0.360. The van der Waals surface area contributed by atoms with Gasteiger partial charge in [-0.2, -0.15) is 5.10 Å². The summed E-state index contributed by atoms with van der Waals surface area (Å²) in [6.07, 6.45) is 5.75. The van der Waals surface area contributed by atoms with Gasteiger partial charge in [0.1, 0.15) is 5.69 Å². The van der Waals surface area contributed by atoms with E-state index in [1.54, 1.807) is 17.1 Å². The lowest BCUT2D eigenvalue weighted by Crippen LogP contribution is -2.30. The lowest BCUT2D eigenvalue weighted by atomic mass is 9.99. The summed E-state index contributed by atoms with van der Waals surface area (Å²) in [7, 11) is 1.81. The number of nitrogens with zero attached hydrogens (tertiary/aromatic N) is 3. The number of carbonyl (C=O) groups excluding carboxylic acids is 1. The molecule has 0 aliphatic heterocycles. The lowest BCUT2D eigenvalue weighted by molar-refractivity contribution is 0.0933. The highest BCUT2D eigenvalue weighted by atomic mass is 35.5. The van der Waals surface area contributed by atoms with Crippen LogP contribution in [0.3, 0.4) is 0 Å². The first-order valence-corrected chi connectivity index (χ1v) is 9.00. The van der Waals surface area contributed by atoms with E-state index in [4.69, 9.17) is 11.6 Å². The standard InChI is InChI=1S/C20H19ClN4O/c1-25-18(12-17(24-25)13-2-3-13)20(26)23-19(15-8-10-22-11-9-15)14-4-6-16(21)7-5-14/h4-13,19H,2-3H2,1H3,(H,23,26)/t19-/m0/s1. The fourth-order valence-corrected chi connectivity index (χ4v) is 3.18. The number of pyridine rings is 1. The number of rotatable bonds is 5. The fourth-order valence-electron chi connectivity index (χ4n) is 3.06. The summed E-state index contributed by atoms with van der Waals surface area (Å²) in [5, 5.41) is 8.28. The van der Waals surface area contributed by atoms with Crippen molar-refractivity contribution in [2.45, 2.75) is 24.8 Å². The van der Waals surface area contributed by atoms with E-state index in [-0.39, 0.29) is 11.9 Å². The molecule has 4 rings (SSSR count). The molecule has 26 heavy (non-hydrogen) atoms. The molecule has 2 aromatic heterocycles. The van der Waals surface area contributed by atoms with Crippen LogP contribution in [0.4, 0.5) is 0 Å². The largest absolute Gasteiger partial charge is 0.340 e. The van der Waals surface area contributed by atoms with Crippen molar-refractivity contribution in [3.63, 3.8) is 0 Å². The quantitative estimate of drug-likeness (QED) is 0.745. The van der Waals surface area contributed by atoms with E-state index in [0.717, 1.165) is 29.7 Å². The molecule has 1 aliphatic carbocycles. The van der Waals surface area contributed by atoms with Crippen LogP contribution in [0, 0.1) is 0 Å². The minimum absolute atomic E-state index is 0.149. The number of hydrogen-bond acceptors (Lipinski definition) is 3. The normalized spacial score (nSPS) is 14.8. The van der Waals surface area contributed by atoms with E-state index in [9.17, 15) is 4.79 Å². The van der Waals surface area contributed by atoms with Crippen LogP contribution in [0.1, 0.15) is 52.1 Å². The summed E-state index contributed by atoms with van der Waals surface area (Å²) in [5.41, 5.74) is 3.49. The van der Waals surface area contributed by atoms with Crippen molar-refractivity contribution >= 4 is 17.5 Å². The van der Waals surface area contributed by atoms with Crippen molar-refractivity contribution in [2.24, 2.45) is 7.05 Å². The van der Waals surface area contributed by atoms with Crippen LogP contribution in [-0.2, 0) is 7.05 Å². The second kappa shape index (κ2) is 6.92. The van der Waals surface area contributed by atoms with Gasteiger partial charge in [-0.25, -0.2) is 0 Å². The molecule has 1 N–H and O–H groups in total. The van der Waals surface area contributed by atoms with E-state index >= 15 is 0 Å². The number of carbonyl (C=O) groups is 1. The van der Waals surface area contributed by atoms with Crippen LogP contribution in [0.5, 0.6) is 0 Å². The molecule has 1 saturated carbocycles. The smallest absolute Gasteiger partial charge is 0.270 e. The summed E-state index contributed by atoms with van der Waals surface area (Å²) in [6, 6.07) is 12.9. The van der Waals surface area contributed by atoms with Crippen molar-refractivity contribution in [2.75, 3.05) is 0 Å². The maximum Gasteiger partial charge on any atom is 0.270 e. The van der Waals surface area contributed by atoms with Gasteiger partial charge in [0.05, 0.1) is 11.7 Å². The van der Waals surface area contributed by atoms with Crippen molar-refractivity contribution in [3.05, 3.63) is 82.4 Å². The first kappa shape index (κ1) is 16.8. The molecule has 3 aromatic rings. The molecular formula is C20H19ClN4O. The SMILES string of the molecule is Cn1nc(C2CC2)cc1C(=O)N[C@H](c1ccncc1)c1ccc(Cl)cc1. The van der Waals surface area contributed by atoms with Gasteiger partial charge in [-0.3, -0.25) is 14.5 Å². The van der Waals surface area contributed by atoms with Gasteiger partial charge in [0.15, 0.2) is 0 Å². The molecule has 0 spiro atoms. The van der Waals surface area contributed by atoms with Gasteiger partial charge >= 0.3 is 0 Å². The maximum absolute atomic E-state index is 12.9. The molecule has 1 atom stereocenters. The summed E-state index contributed by atoms with van der Waals surface area (Å²) in [4.78, 5) is 17.0. The van der Waals surface area contributed by atoms with Crippen LogP contribution >= 0.6 is 11.6 Å². The zero-order valence-corrected chi connectivity index (χ0v) is 15.1. The van der Waals surface area contributed by atoms with Crippen molar-refractivity contribution in [3.8, 4) is 0 Å². The van der Waals surface area contributed by atoms with Crippen LogP contribution in [0.15, 0.2) is 54.9 Å². The molecule has 1 amide bonds. The van der Waals surface area contributed by atoms with Gasteiger partial charge in [0.25, 0.3) is 5.91 Å². The predicted molar refractivity (Wildman–Crippen MR) is 100 cm³/mol. The molecule has 1 aromatic carbocycles. The van der Waals surface area contributed by atoms with E-state index in [1.807, 2.05) is 49.5 Å². The average molecular weight is 367 g/mol. The second-order valence-corrected chi connectivity index (χ2v) is 7.03. The van der Waals surface area contributed by atoms with Crippen LogP contribution in [0.25, 0.3) is 0 Å². The zero-order valence-electron chi connectivity index (χ0n) is 14.4. The number of aromatic nitrogens is 3. The Morgan fingerprint density at radius 2 is 1.81 bits per heavy atom. The Labute approximate surface area is 157 Å². The second-order valence-electron chi connectivity index (χ2n) is 6.59. The van der Waals surface area contributed by atoms with Gasteiger partial charge in [-0.15, -0.1) is 0 Å². The van der Waals surface area contributed by atoms with E-state index in [1.165, 1.54) is 0 Å². The Morgan fingerprint density at radius 3 is 2.46 bits per heavy atom. The molecule has 1 fully saturated rings. The van der Waals surface area contributed by atoms with Crippen LogP contribution in [-0.4, -0.2) is 20.7 Å². The number of halogens is 1. The summed E-state index contributed by atoms with van der Waals surface area (Å²) in [6.45, 7) is 0. The summed E-state index contributed by atoms with van der Waals surface area (Å²) < 4.78 is 1.66. The molecule has 5 nitrogen and oxygen atoms in total. The first-order chi connectivity index (χ1) is 12.6. The monoisotopic (exact) mass is 366 g/mol. The van der Waals surface area contributed by atoms with Gasteiger partial charge in [-0.05, 0) is 54.3 Å². The highest BCUT2D eigenvalue weighted by Crippen LogP contribution is 2.39. The maximum atomic E-state index is 12.9.